The molecule has 0 aromatic heterocycles. The summed E-state index contributed by atoms with van der Waals surface area (Å²) in [4.78, 5) is 10.3. The summed E-state index contributed by atoms with van der Waals surface area (Å²) in [7, 11) is 0. The van der Waals surface area contributed by atoms with Gasteiger partial charge in [0.1, 0.15) is 0 Å². The third kappa shape index (κ3) is 3.53. The summed E-state index contributed by atoms with van der Waals surface area (Å²) < 4.78 is 0. The molecule has 1 aromatic carbocycles. The highest BCUT2D eigenvalue weighted by atomic mass is 16.6. The summed E-state index contributed by atoms with van der Waals surface area (Å²) in [5.74, 6) is 0. The lowest BCUT2D eigenvalue weighted by Crippen LogP contribution is -2.02. The fourth-order valence-electron chi connectivity index (χ4n) is 1.58. The minimum atomic E-state index is -0.351. The summed E-state index contributed by atoms with van der Waals surface area (Å²) in [6, 6.07) is 5.14. The first-order chi connectivity index (χ1) is 7.65. The quantitative estimate of drug-likeness (QED) is 0.455. The highest BCUT2D eigenvalue weighted by Gasteiger charge is 2.09. The molecule has 4 heteroatoms. The van der Waals surface area contributed by atoms with Gasteiger partial charge in [-0.05, 0) is 25.5 Å². The molecule has 0 saturated heterocycles. The van der Waals surface area contributed by atoms with E-state index in [1.807, 2.05) is 6.07 Å². The number of aryl methyl sites for hydroxylation is 1. The van der Waals surface area contributed by atoms with Crippen molar-refractivity contribution >= 4 is 11.4 Å². The standard InChI is InChI=1S/C12H18N2O2/c1-3-4-5-8-13-11-6-7-12(14(15)16)10(2)9-11/h6-7,9,13H,3-5,8H2,1-2H3. The highest BCUT2D eigenvalue weighted by Crippen LogP contribution is 2.21. The van der Waals surface area contributed by atoms with Crippen LogP contribution in [0.1, 0.15) is 31.7 Å². The molecule has 0 heterocycles. The van der Waals surface area contributed by atoms with Gasteiger partial charge in [0, 0.05) is 23.9 Å². The van der Waals surface area contributed by atoms with Gasteiger partial charge in [-0.25, -0.2) is 0 Å². The van der Waals surface area contributed by atoms with Crippen molar-refractivity contribution < 1.29 is 4.92 Å². The maximum Gasteiger partial charge on any atom is 0.272 e. The molecule has 88 valence electrons. The number of nitro benzene ring substituents is 1. The van der Waals surface area contributed by atoms with Crippen molar-refractivity contribution in [2.45, 2.75) is 33.1 Å². The van der Waals surface area contributed by atoms with Crippen molar-refractivity contribution in [2.24, 2.45) is 0 Å². The van der Waals surface area contributed by atoms with Gasteiger partial charge in [-0.15, -0.1) is 0 Å². The van der Waals surface area contributed by atoms with E-state index >= 15 is 0 Å². The number of nitrogens with one attached hydrogen (secondary N) is 1. The number of nitro groups is 1. The lowest BCUT2D eigenvalue weighted by atomic mass is 10.2. The maximum absolute atomic E-state index is 10.6. The topological polar surface area (TPSA) is 55.2 Å². The van der Waals surface area contributed by atoms with Gasteiger partial charge in [0.2, 0.25) is 0 Å². The Hall–Kier alpha value is -1.58. The van der Waals surface area contributed by atoms with Gasteiger partial charge in [0.15, 0.2) is 0 Å². The Bertz CT molecular complexity index is 364. The van der Waals surface area contributed by atoms with Crippen LogP contribution in [0.2, 0.25) is 0 Å². The van der Waals surface area contributed by atoms with Gasteiger partial charge >= 0.3 is 0 Å². The van der Waals surface area contributed by atoms with Gasteiger partial charge in [0.05, 0.1) is 4.92 Å². The zero-order chi connectivity index (χ0) is 12.0. The van der Waals surface area contributed by atoms with E-state index in [1.54, 1.807) is 19.1 Å². The van der Waals surface area contributed by atoms with Gasteiger partial charge in [-0.2, -0.15) is 0 Å². The van der Waals surface area contributed by atoms with Crippen molar-refractivity contribution in [1.82, 2.24) is 0 Å². The highest BCUT2D eigenvalue weighted by molar-refractivity contribution is 5.53. The van der Waals surface area contributed by atoms with Crippen LogP contribution < -0.4 is 5.32 Å². The van der Waals surface area contributed by atoms with Crippen LogP contribution in [0.4, 0.5) is 11.4 Å². The number of anilines is 1. The average molecular weight is 222 g/mol. The molecule has 0 radical (unpaired) electrons. The minimum Gasteiger partial charge on any atom is -0.385 e. The van der Waals surface area contributed by atoms with Crippen molar-refractivity contribution in [1.29, 1.82) is 0 Å². The summed E-state index contributed by atoms with van der Waals surface area (Å²) in [6.45, 7) is 4.84. The summed E-state index contributed by atoms with van der Waals surface area (Å²) >= 11 is 0. The van der Waals surface area contributed by atoms with Crippen molar-refractivity contribution in [3.05, 3.63) is 33.9 Å². The fourth-order valence-corrected chi connectivity index (χ4v) is 1.58. The molecule has 0 spiro atoms. The van der Waals surface area contributed by atoms with Crippen LogP contribution in [-0.4, -0.2) is 11.5 Å². The second kappa shape index (κ2) is 6.10. The number of unbranched alkanes of at least 4 members (excludes halogenated alkanes) is 2. The third-order valence-electron chi connectivity index (χ3n) is 2.50. The third-order valence-corrected chi connectivity index (χ3v) is 2.50. The van der Waals surface area contributed by atoms with Crippen molar-refractivity contribution in [3.8, 4) is 0 Å². The molecular formula is C12H18N2O2. The minimum absolute atomic E-state index is 0.180. The molecule has 0 atom stereocenters. The van der Waals surface area contributed by atoms with E-state index in [2.05, 4.69) is 12.2 Å². The van der Waals surface area contributed by atoms with E-state index in [0.29, 0.717) is 5.56 Å². The Morgan fingerprint density at radius 3 is 2.69 bits per heavy atom. The number of hydrogen-bond acceptors (Lipinski definition) is 3. The first kappa shape index (κ1) is 12.5. The summed E-state index contributed by atoms with van der Waals surface area (Å²) in [5.41, 5.74) is 1.84. The van der Waals surface area contributed by atoms with Crippen LogP contribution in [-0.2, 0) is 0 Å². The molecule has 4 nitrogen and oxygen atoms in total. The lowest BCUT2D eigenvalue weighted by molar-refractivity contribution is -0.385. The Balaban J connectivity index is 2.56. The average Bonchev–Trinajstić information content (AvgIpc) is 2.24. The summed E-state index contributed by atoms with van der Waals surface area (Å²) in [5, 5.41) is 13.9. The molecule has 0 aliphatic rings. The molecule has 0 bridgehead atoms. The summed E-state index contributed by atoms with van der Waals surface area (Å²) in [6.07, 6.45) is 3.53. The van der Waals surface area contributed by atoms with Crippen molar-refractivity contribution in [2.75, 3.05) is 11.9 Å². The number of nitrogens with zero attached hydrogens (tertiary/aromatic N) is 1. The first-order valence-corrected chi connectivity index (χ1v) is 5.64. The first-order valence-electron chi connectivity index (χ1n) is 5.64. The second-order valence-electron chi connectivity index (χ2n) is 3.89. The molecule has 1 aromatic rings. The van der Waals surface area contributed by atoms with Crippen LogP contribution in [0.3, 0.4) is 0 Å². The molecule has 1 N–H and O–H groups in total. The molecule has 0 saturated carbocycles. The van der Waals surface area contributed by atoms with Gasteiger partial charge in [-0.3, -0.25) is 10.1 Å². The monoisotopic (exact) mass is 222 g/mol. The van der Waals surface area contributed by atoms with E-state index in [-0.39, 0.29) is 10.6 Å². The molecule has 1 rings (SSSR count). The van der Waals surface area contributed by atoms with Gasteiger partial charge in [0.25, 0.3) is 5.69 Å². The normalized spacial score (nSPS) is 10.1. The predicted octanol–water partition coefficient (Wildman–Crippen LogP) is 3.51. The van der Waals surface area contributed by atoms with E-state index < -0.39 is 0 Å². The maximum atomic E-state index is 10.6. The Morgan fingerprint density at radius 1 is 1.38 bits per heavy atom. The largest absolute Gasteiger partial charge is 0.385 e. The molecular weight excluding hydrogens is 204 g/mol. The number of hydrogen-bond donors (Lipinski definition) is 1. The number of rotatable bonds is 6. The van der Waals surface area contributed by atoms with Crippen LogP contribution in [0.5, 0.6) is 0 Å². The van der Waals surface area contributed by atoms with Crippen LogP contribution in [0, 0.1) is 17.0 Å². The molecule has 16 heavy (non-hydrogen) atoms. The Morgan fingerprint density at radius 2 is 2.12 bits per heavy atom. The number of benzene rings is 1. The SMILES string of the molecule is CCCCCNc1ccc([N+](=O)[O-])c(C)c1. The molecule has 0 aliphatic carbocycles. The second-order valence-corrected chi connectivity index (χ2v) is 3.89. The van der Waals surface area contributed by atoms with E-state index in [1.165, 1.54) is 12.8 Å². The Labute approximate surface area is 95.8 Å². The van der Waals surface area contributed by atoms with Crippen molar-refractivity contribution in [3.63, 3.8) is 0 Å². The van der Waals surface area contributed by atoms with Crippen LogP contribution in [0.25, 0.3) is 0 Å². The molecule has 0 amide bonds. The van der Waals surface area contributed by atoms with Gasteiger partial charge < -0.3 is 5.32 Å². The van der Waals surface area contributed by atoms with E-state index in [4.69, 9.17) is 0 Å². The van der Waals surface area contributed by atoms with Crippen LogP contribution in [0.15, 0.2) is 18.2 Å². The van der Waals surface area contributed by atoms with E-state index in [0.717, 1.165) is 18.7 Å². The van der Waals surface area contributed by atoms with Gasteiger partial charge in [-0.1, -0.05) is 19.8 Å². The zero-order valence-electron chi connectivity index (χ0n) is 9.82. The Kier molecular flexibility index (Phi) is 4.76. The van der Waals surface area contributed by atoms with E-state index in [9.17, 15) is 10.1 Å². The lowest BCUT2D eigenvalue weighted by Gasteiger charge is -2.06. The molecule has 0 unspecified atom stereocenters. The predicted molar refractivity (Wildman–Crippen MR) is 65.8 cm³/mol. The fraction of sp³-hybridized carbons (Fsp3) is 0.500. The smallest absolute Gasteiger partial charge is 0.272 e. The van der Waals surface area contributed by atoms with Crippen LogP contribution >= 0.6 is 0 Å². The molecule has 0 fully saturated rings. The molecule has 0 aliphatic heterocycles. The zero-order valence-corrected chi connectivity index (χ0v) is 9.82.